The Morgan fingerprint density at radius 1 is 0.919 bits per heavy atom. The summed E-state index contributed by atoms with van der Waals surface area (Å²) in [5.74, 6) is 1.97. The number of nitrogens with one attached hydrogen (secondary N) is 1. The Labute approximate surface area is 224 Å². The van der Waals surface area contributed by atoms with Crippen LogP contribution in [-0.4, -0.2) is 28.6 Å². The molecule has 4 aromatic rings. The molecule has 5 nitrogen and oxygen atoms in total. The van der Waals surface area contributed by atoms with E-state index in [0.29, 0.717) is 23.7 Å². The molecule has 1 heterocycles. The van der Waals surface area contributed by atoms with Crippen molar-refractivity contribution in [2.45, 2.75) is 58.9 Å². The summed E-state index contributed by atoms with van der Waals surface area (Å²) >= 11 is 6.11. The molecule has 1 amide bonds. The van der Waals surface area contributed by atoms with Crippen molar-refractivity contribution in [2.24, 2.45) is 0 Å². The van der Waals surface area contributed by atoms with Gasteiger partial charge in [-0.25, -0.2) is 4.98 Å². The van der Waals surface area contributed by atoms with Crippen LogP contribution < -0.4 is 10.1 Å². The first-order chi connectivity index (χ1) is 18.0. The van der Waals surface area contributed by atoms with Gasteiger partial charge in [0.1, 0.15) is 11.6 Å². The van der Waals surface area contributed by atoms with Crippen molar-refractivity contribution in [2.75, 3.05) is 13.2 Å². The number of halogens is 1. The number of unbranched alkanes of at least 4 members (excludes halogenated alkanes) is 3. The van der Waals surface area contributed by atoms with Gasteiger partial charge in [-0.1, -0.05) is 48.4 Å². The van der Waals surface area contributed by atoms with Gasteiger partial charge in [-0.15, -0.1) is 0 Å². The molecule has 1 N–H and O–H groups in total. The summed E-state index contributed by atoms with van der Waals surface area (Å²) in [5.41, 5.74) is 5.23. The second-order valence-corrected chi connectivity index (χ2v) is 10.0. The fourth-order valence-corrected chi connectivity index (χ4v) is 4.89. The molecule has 37 heavy (non-hydrogen) atoms. The van der Waals surface area contributed by atoms with Crippen LogP contribution in [0.4, 0.5) is 0 Å². The molecule has 0 radical (unpaired) electrons. The van der Waals surface area contributed by atoms with Crippen LogP contribution in [0.1, 0.15) is 59.4 Å². The van der Waals surface area contributed by atoms with Crippen molar-refractivity contribution in [3.8, 4) is 5.75 Å². The normalized spacial score (nSPS) is 11.1. The van der Waals surface area contributed by atoms with Gasteiger partial charge in [-0.05, 0) is 87.1 Å². The molecule has 0 bridgehead atoms. The van der Waals surface area contributed by atoms with Gasteiger partial charge in [-0.3, -0.25) is 4.79 Å². The van der Waals surface area contributed by atoms with Crippen LogP contribution in [0.15, 0.2) is 66.7 Å². The number of hydrogen-bond acceptors (Lipinski definition) is 3. The largest absolute Gasteiger partial charge is 0.494 e. The predicted octanol–water partition coefficient (Wildman–Crippen LogP) is 7.31. The second-order valence-electron chi connectivity index (χ2n) is 9.59. The zero-order valence-corrected chi connectivity index (χ0v) is 22.6. The molecule has 0 aliphatic rings. The van der Waals surface area contributed by atoms with E-state index in [4.69, 9.17) is 21.3 Å². The molecule has 194 valence electrons. The van der Waals surface area contributed by atoms with Crippen LogP contribution in [0.2, 0.25) is 5.02 Å². The number of nitrogens with zero attached hydrogens (tertiary/aromatic N) is 2. The molecule has 6 heteroatoms. The summed E-state index contributed by atoms with van der Waals surface area (Å²) in [6, 6.07) is 21.8. The highest BCUT2D eigenvalue weighted by atomic mass is 35.5. The smallest absolute Gasteiger partial charge is 0.252 e. The zero-order chi connectivity index (χ0) is 26.0. The number of amides is 1. The Morgan fingerprint density at radius 2 is 1.68 bits per heavy atom. The number of carbonyl (C=O) groups excluding carboxylic acids is 1. The molecule has 3 aromatic carbocycles. The molecule has 0 aliphatic heterocycles. The monoisotopic (exact) mass is 517 g/mol. The van der Waals surface area contributed by atoms with Crippen LogP contribution >= 0.6 is 11.6 Å². The maximum atomic E-state index is 12.3. The third-order valence-corrected chi connectivity index (χ3v) is 6.78. The number of ether oxygens (including phenoxy) is 1. The van der Waals surface area contributed by atoms with E-state index in [-0.39, 0.29) is 5.91 Å². The van der Waals surface area contributed by atoms with Crippen molar-refractivity contribution in [1.82, 2.24) is 14.9 Å². The minimum Gasteiger partial charge on any atom is -0.494 e. The van der Waals surface area contributed by atoms with Crippen LogP contribution in [0.3, 0.4) is 0 Å². The summed E-state index contributed by atoms with van der Waals surface area (Å²) in [4.78, 5) is 17.2. The fourth-order valence-electron chi connectivity index (χ4n) is 4.67. The molecule has 0 fully saturated rings. The van der Waals surface area contributed by atoms with E-state index in [1.165, 1.54) is 16.6 Å². The molecular weight excluding hydrogens is 482 g/mol. The highest BCUT2D eigenvalue weighted by Gasteiger charge is 2.11. The van der Waals surface area contributed by atoms with Crippen molar-refractivity contribution in [3.63, 3.8) is 0 Å². The van der Waals surface area contributed by atoms with Crippen molar-refractivity contribution < 1.29 is 9.53 Å². The van der Waals surface area contributed by atoms with Crippen molar-refractivity contribution in [3.05, 3.63) is 94.3 Å². The van der Waals surface area contributed by atoms with Gasteiger partial charge in [0.2, 0.25) is 0 Å². The van der Waals surface area contributed by atoms with E-state index in [1.54, 1.807) is 12.1 Å². The SMILES string of the molecule is Cc1cc(C)cc(OCCCCn2c(CCCCCNC(=O)c3ccccc3Cl)nc3ccccc32)c1. The lowest BCUT2D eigenvalue weighted by Gasteiger charge is -2.11. The minimum atomic E-state index is -0.117. The first-order valence-corrected chi connectivity index (χ1v) is 13.6. The number of rotatable bonds is 13. The summed E-state index contributed by atoms with van der Waals surface area (Å²) in [5, 5.41) is 3.46. The van der Waals surface area contributed by atoms with E-state index in [0.717, 1.165) is 62.2 Å². The van der Waals surface area contributed by atoms with E-state index >= 15 is 0 Å². The Hall–Kier alpha value is -3.31. The Kier molecular flexibility index (Phi) is 9.61. The Bertz CT molecular complexity index is 1310. The number of aromatic nitrogens is 2. The molecule has 0 atom stereocenters. The lowest BCUT2D eigenvalue weighted by atomic mass is 10.1. The average molecular weight is 518 g/mol. The number of para-hydroxylation sites is 2. The number of fused-ring (bicyclic) bond motifs is 1. The minimum absolute atomic E-state index is 0.117. The van der Waals surface area contributed by atoms with Gasteiger partial charge in [0, 0.05) is 19.5 Å². The number of carbonyl (C=O) groups is 1. The summed E-state index contributed by atoms with van der Waals surface area (Å²) in [7, 11) is 0. The Morgan fingerprint density at radius 3 is 2.49 bits per heavy atom. The number of benzene rings is 3. The third-order valence-electron chi connectivity index (χ3n) is 6.45. The number of aryl methyl sites for hydroxylation is 4. The second kappa shape index (κ2) is 13.3. The van der Waals surface area contributed by atoms with Crippen LogP contribution in [-0.2, 0) is 13.0 Å². The van der Waals surface area contributed by atoms with Gasteiger partial charge >= 0.3 is 0 Å². The molecule has 0 spiro atoms. The lowest BCUT2D eigenvalue weighted by Crippen LogP contribution is -2.24. The average Bonchev–Trinajstić information content (AvgIpc) is 3.22. The fraction of sp³-hybridized carbons (Fsp3) is 0.355. The number of imidazole rings is 1. The Balaban J connectivity index is 1.23. The standard InChI is InChI=1S/C31H36ClN3O2/c1-23-20-24(2)22-25(21-23)37-19-11-10-18-35-29-15-8-7-14-28(29)34-30(35)16-4-3-9-17-33-31(36)26-12-5-6-13-27(26)32/h5-8,12-15,20-22H,3-4,9-11,16-19H2,1-2H3,(H,33,36). The summed E-state index contributed by atoms with van der Waals surface area (Å²) in [6.07, 6.45) is 5.92. The highest BCUT2D eigenvalue weighted by molar-refractivity contribution is 6.33. The third kappa shape index (κ3) is 7.59. The van der Waals surface area contributed by atoms with E-state index in [9.17, 15) is 4.79 Å². The molecule has 4 rings (SSSR count). The predicted molar refractivity (Wildman–Crippen MR) is 152 cm³/mol. The molecule has 0 aliphatic carbocycles. The first kappa shape index (κ1) is 26.7. The highest BCUT2D eigenvalue weighted by Crippen LogP contribution is 2.20. The van der Waals surface area contributed by atoms with Gasteiger partial charge < -0.3 is 14.6 Å². The zero-order valence-electron chi connectivity index (χ0n) is 21.8. The van der Waals surface area contributed by atoms with Gasteiger partial charge in [0.15, 0.2) is 0 Å². The summed E-state index contributed by atoms with van der Waals surface area (Å²) < 4.78 is 8.36. The van der Waals surface area contributed by atoms with Crippen LogP contribution in [0.25, 0.3) is 11.0 Å². The van der Waals surface area contributed by atoms with Crippen LogP contribution in [0.5, 0.6) is 5.75 Å². The maximum Gasteiger partial charge on any atom is 0.252 e. The van der Waals surface area contributed by atoms with Crippen molar-refractivity contribution in [1.29, 1.82) is 0 Å². The first-order valence-electron chi connectivity index (χ1n) is 13.2. The molecule has 0 unspecified atom stereocenters. The van der Waals surface area contributed by atoms with E-state index in [1.807, 2.05) is 18.2 Å². The lowest BCUT2D eigenvalue weighted by molar-refractivity contribution is 0.0953. The molecule has 0 saturated heterocycles. The molecule has 0 saturated carbocycles. The van der Waals surface area contributed by atoms with Gasteiger partial charge in [0.05, 0.1) is 28.2 Å². The maximum absolute atomic E-state index is 12.3. The van der Waals surface area contributed by atoms with Crippen molar-refractivity contribution >= 4 is 28.5 Å². The van der Waals surface area contributed by atoms with Crippen LogP contribution in [0, 0.1) is 13.8 Å². The summed E-state index contributed by atoms with van der Waals surface area (Å²) in [6.45, 7) is 6.48. The van der Waals surface area contributed by atoms with Gasteiger partial charge in [0.25, 0.3) is 5.91 Å². The quantitative estimate of drug-likeness (QED) is 0.189. The molecular formula is C31H36ClN3O2. The number of hydrogen-bond donors (Lipinski definition) is 1. The van der Waals surface area contributed by atoms with Gasteiger partial charge in [-0.2, -0.15) is 0 Å². The molecule has 1 aromatic heterocycles. The van der Waals surface area contributed by atoms with E-state index in [2.05, 4.69) is 60.1 Å². The topological polar surface area (TPSA) is 56.1 Å². The van der Waals surface area contributed by atoms with E-state index < -0.39 is 0 Å².